The van der Waals surface area contributed by atoms with E-state index < -0.39 is 29.4 Å². The third-order valence-corrected chi connectivity index (χ3v) is 5.76. The number of benzene rings is 1. The van der Waals surface area contributed by atoms with Gasteiger partial charge in [0.25, 0.3) is 0 Å². The first kappa shape index (κ1) is 17.1. The predicted octanol–water partition coefficient (Wildman–Crippen LogP) is 1.82. The minimum absolute atomic E-state index is 0.207. The van der Waals surface area contributed by atoms with Crippen LogP contribution < -0.4 is 10.2 Å². The lowest BCUT2D eigenvalue weighted by Gasteiger charge is -2.23. The number of amides is 2. The maximum absolute atomic E-state index is 14.3. The van der Waals surface area contributed by atoms with E-state index >= 15 is 0 Å². The molecule has 2 amide bonds. The van der Waals surface area contributed by atoms with E-state index in [1.54, 1.807) is 30.6 Å². The topological polar surface area (TPSA) is 71.5 Å². The van der Waals surface area contributed by atoms with Crippen LogP contribution in [0.15, 0.2) is 60.9 Å². The Morgan fingerprint density at radius 3 is 2.86 bits per heavy atom. The number of carbonyl (C=O) groups excluding carboxylic acids is 2. The molecule has 2 bridgehead atoms. The van der Waals surface area contributed by atoms with Crippen LogP contribution in [0.3, 0.4) is 0 Å². The molecule has 0 unspecified atom stereocenters. The Morgan fingerprint density at radius 1 is 1.29 bits per heavy atom. The van der Waals surface area contributed by atoms with Crippen LogP contribution >= 0.6 is 0 Å². The Labute approximate surface area is 161 Å². The Bertz CT molecular complexity index is 980. The molecule has 1 spiro atoms. The van der Waals surface area contributed by atoms with Crippen molar-refractivity contribution in [1.29, 1.82) is 0 Å². The highest BCUT2D eigenvalue weighted by Gasteiger charge is 2.67. The highest BCUT2D eigenvalue weighted by Crippen LogP contribution is 2.52. The Hall–Kier alpha value is -3.06. The molecule has 2 aromatic rings. The minimum Gasteiger partial charge on any atom is -0.360 e. The van der Waals surface area contributed by atoms with Gasteiger partial charge in [-0.2, -0.15) is 0 Å². The number of nitrogens with one attached hydrogen (secondary N) is 1. The van der Waals surface area contributed by atoms with Gasteiger partial charge in [0.15, 0.2) is 0 Å². The van der Waals surface area contributed by atoms with Gasteiger partial charge in [0, 0.05) is 18.9 Å². The number of rotatable bonds is 4. The summed E-state index contributed by atoms with van der Waals surface area (Å²) in [6.07, 6.45) is 6.58. The molecule has 5 rings (SSSR count). The molecule has 0 saturated carbocycles. The molecule has 1 N–H and O–H groups in total. The van der Waals surface area contributed by atoms with E-state index in [0.29, 0.717) is 6.54 Å². The number of nitrogens with zero attached hydrogens (tertiary/aromatic N) is 2. The number of halogens is 1. The maximum Gasteiger partial charge on any atom is 0.234 e. The molecule has 2 saturated heterocycles. The van der Waals surface area contributed by atoms with Gasteiger partial charge in [0.2, 0.25) is 11.8 Å². The van der Waals surface area contributed by atoms with Crippen molar-refractivity contribution in [2.75, 3.05) is 11.4 Å². The van der Waals surface area contributed by atoms with Crippen LogP contribution in [-0.2, 0) is 20.9 Å². The summed E-state index contributed by atoms with van der Waals surface area (Å²) in [6, 6.07) is 9.79. The van der Waals surface area contributed by atoms with Crippen molar-refractivity contribution < 1.29 is 18.7 Å². The summed E-state index contributed by atoms with van der Waals surface area (Å²) in [4.78, 5) is 31.4. The fourth-order valence-corrected chi connectivity index (χ4v) is 4.48. The standard InChI is InChI=1S/C21H18FN3O3/c22-14-3-1-2-4-15(14)25-12-21-8-5-16(28-21)17(18(21)20(25)27)19(26)24-11-13-6-9-23-10-7-13/h1-10,16-18H,11-12H2,(H,24,26)/t16-,17+,18+,21-/m0/s1. The van der Waals surface area contributed by atoms with Gasteiger partial charge in [-0.1, -0.05) is 24.3 Å². The predicted molar refractivity (Wildman–Crippen MR) is 98.6 cm³/mol. The Balaban J connectivity index is 1.40. The SMILES string of the molecule is O=C(NCc1ccncc1)[C@@H]1[C@@H]2C=C[C@@]3(CN(c4ccccc4F)C(=O)[C@@H]13)O2. The molecule has 3 aliphatic rings. The van der Waals surface area contributed by atoms with Crippen LogP contribution in [0.5, 0.6) is 0 Å². The van der Waals surface area contributed by atoms with E-state index in [4.69, 9.17) is 4.74 Å². The summed E-state index contributed by atoms with van der Waals surface area (Å²) in [7, 11) is 0. The monoisotopic (exact) mass is 379 g/mol. The molecule has 2 fully saturated rings. The molecule has 142 valence electrons. The fraction of sp³-hybridized carbons (Fsp3) is 0.286. The minimum atomic E-state index is -0.872. The zero-order valence-corrected chi connectivity index (χ0v) is 14.9. The first-order valence-corrected chi connectivity index (χ1v) is 9.19. The van der Waals surface area contributed by atoms with Gasteiger partial charge in [-0.25, -0.2) is 4.39 Å². The van der Waals surface area contributed by atoms with Crippen molar-refractivity contribution in [2.24, 2.45) is 11.8 Å². The van der Waals surface area contributed by atoms with Gasteiger partial charge < -0.3 is 15.0 Å². The van der Waals surface area contributed by atoms with Crippen molar-refractivity contribution in [2.45, 2.75) is 18.2 Å². The van der Waals surface area contributed by atoms with Crippen molar-refractivity contribution in [3.05, 3.63) is 72.3 Å². The summed E-state index contributed by atoms with van der Waals surface area (Å²) in [5, 5.41) is 2.90. The quantitative estimate of drug-likeness (QED) is 0.823. The van der Waals surface area contributed by atoms with Crippen molar-refractivity contribution in [3.8, 4) is 0 Å². The lowest BCUT2D eigenvalue weighted by molar-refractivity contribution is -0.132. The highest BCUT2D eigenvalue weighted by molar-refractivity contribution is 6.03. The van der Waals surface area contributed by atoms with E-state index in [9.17, 15) is 14.0 Å². The van der Waals surface area contributed by atoms with Crippen LogP contribution in [0.25, 0.3) is 0 Å². The van der Waals surface area contributed by atoms with Crippen molar-refractivity contribution in [1.82, 2.24) is 10.3 Å². The average Bonchev–Trinajstić information content (AvgIpc) is 3.36. The van der Waals surface area contributed by atoms with Crippen LogP contribution in [0.4, 0.5) is 10.1 Å². The number of pyridine rings is 1. The molecule has 3 aliphatic heterocycles. The number of anilines is 1. The number of carbonyl (C=O) groups is 2. The van der Waals surface area contributed by atoms with Gasteiger partial charge in [-0.15, -0.1) is 0 Å². The first-order chi connectivity index (χ1) is 13.6. The summed E-state index contributed by atoms with van der Waals surface area (Å²) in [5.74, 6) is -2.26. The van der Waals surface area contributed by atoms with Crippen molar-refractivity contribution >= 4 is 17.5 Å². The molecular weight excluding hydrogens is 361 g/mol. The van der Waals surface area contributed by atoms with Crippen LogP contribution in [0, 0.1) is 17.7 Å². The number of ether oxygens (including phenoxy) is 1. The molecule has 28 heavy (non-hydrogen) atoms. The van der Waals surface area contributed by atoms with E-state index in [1.807, 2.05) is 24.3 Å². The molecule has 0 radical (unpaired) electrons. The van der Waals surface area contributed by atoms with E-state index in [1.165, 1.54) is 11.0 Å². The van der Waals surface area contributed by atoms with E-state index in [0.717, 1.165) is 5.56 Å². The summed E-state index contributed by atoms with van der Waals surface area (Å²) in [5.41, 5.74) is 0.263. The fourth-order valence-electron chi connectivity index (χ4n) is 4.48. The second-order valence-electron chi connectivity index (χ2n) is 7.35. The first-order valence-electron chi connectivity index (χ1n) is 9.19. The molecule has 0 aliphatic carbocycles. The average molecular weight is 379 g/mol. The summed E-state index contributed by atoms with van der Waals surface area (Å²) < 4.78 is 20.3. The van der Waals surface area contributed by atoms with Gasteiger partial charge in [0.05, 0.1) is 30.2 Å². The molecule has 1 aromatic carbocycles. The largest absolute Gasteiger partial charge is 0.360 e. The van der Waals surface area contributed by atoms with Crippen LogP contribution in [0.1, 0.15) is 5.56 Å². The number of hydrogen-bond acceptors (Lipinski definition) is 4. The normalized spacial score (nSPS) is 30.0. The molecule has 7 heteroatoms. The van der Waals surface area contributed by atoms with Gasteiger partial charge in [-0.05, 0) is 29.8 Å². The van der Waals surface area contributed by atoms with Crippen LogP contribution in [0.2, 0.25) is 0 Å². The Morgan fingerprint density at radius 2 is 2.07 bits per heavy atom. The van der Waals surface area contributed by atoms with Crippen molar-refractivity contribution in [3.63, 3.8) is 0 Å². The zero-order chi connectivity index (χ0) is 19.3. The third-order valence-electron chi connectivity index (χ3n) is 5.76. The van der Waals surface area contributed by atoms with E-state index in [-0.39, 0.29) is 24.0 Å². The Kier molecular flexibility index (Phi) is 3.80. The zero-order valence-electron chi connectivity index (χ0n) is 14.9. The summed E-state index contributed by atoms with van der Waals surface area (Å²) in [6.45, 7) is 0.553. The van der Waals surface area contributed by atoms with Crippen LogP contribution in [-0.4, -0.2) is 35.0 Å². The molecular formula is C21H18FN3O3. The molecule has 4 atom stereocenters. The van der Waals surface area contributed by atoms with Gasteiger partial charge in [0.1, 0.15) is 11.4 Å². The second-order valence-corrected chi connectivity index (χ2v) is 7.35. The molecule has 4 heterocycles. The highest BCUT2D eigenvalue weighted by atomic mass is 19.1. The number of para-hydroxylation sites is 1. The number of fused-ring (bicyclic) bond motifs is 1. The van der Waals surface area contributed by atoms with Gasteiger partial charge >= 0.3 is 0 Å². The molecule has 1 aromatic heterocycles. The number of hydrogen-bond donors (Lipinski definition) is 1. The maximum atomic E-state index is 14.3. The van der Waals surface area contributed by atoms with E-state index in [2.05, 4.69) is 10.3 Å². The smallest absolute Gasteiger partial charge is 0.234 e. The second kappa shape index (κ2) is 6.24. The number of aromatic nitrogens is 1. The molecule has 6 nitrogen and oxygen atoms in total. The third kappa shape index (κ3) is 2.46. The van der Waals surface area contributed by atoms with Gasteiger partial charge in [-0.3, -0.25) is 14.6 Å². The summed E-state index contributed by atoms with van der Waals surface area (Å²) >= 11 is 0. The lowest BCUT2D eigenvalue weighted by Crippen LogP contribution is -2.44. The lowest BCUT2D eigenvalue weighted by atomic mass is 9.77.